The molecule has 1 aromatic carbocycles. The molecule has 1 aromatic heterocycles. The molecule has 0 bridgehead atoms. The van der Waals surface area contributed by atoms with E-state index in [4.69, 9.17) is 4.42 Å². The average Bonchev–Trinajstić information content (AvgIpc) is 2.84. The fourth-order valence-electron chi connectivity index (χ4n) is 2.90. The van der Waals surface area contributed by atoms with Crippen molar-refractivity contribution in [2.75, 3.05) is 0 Å². The molecule has 2 aromatic rings. The highest BCUT2D eigenvalue weighted by atomic mass is 16.3. The Kier molecular flexibility index (Phi) is 2.94. The minimum absolute atomic E-state index is 0.180. The molecule has 1 heterocycles. The lowest BCUT2D eigenvalue weighted by atomic mass is 9.85. The number of furan rings is 1. The molecule has 18 heavy (non-hydrogen) atoms. The number of ketones is 1. The van der Waals surface area contributed by atoms with Gasteiger partial charge in [0, 0.05) is 11.3 Å². The molecule has 0 saturated heterocycles. The maximum Gasteiger partial charge on any atom is 0.201 e. The number of para-hydroxylation sites is 1. The van der Waals surface area contributed by atoms with Crippen LogP contribution in [0.1, 0.15) is 48.2 Å². The Morgan fingerprint density at radius 2 is 2.00 bits per heavy atom. The summed E-state index contributed by atoms with van der Waals surface area (Å²) in [6.07, 6.45) is 5.66. The van der Waals surface area contributed by atoms with Crippen LogP contribution in [0, 0.1) is 12.8 Å². The highest BCUT2D eigenvalue weighted by molar-refractivity contribution is 5.99. The Balaban J connectivity index is 1.94. The summed E-state index contributed by atoms with van der Waals surface area (Å²) in [5.74, 6) is 0.927. The van der Waals surface area contributed by atoms with Crippen molar-refractivity contribution >= 4 is 16.8 Å². The topological polar surface area (TPSA) is 30.2 Å². The summed E-state index contributed by atoms with van der Waals surface area (Å²) in [5, 5.41) is 1.04. The van der Waals surface area contributed by atoms with Crippen molar-refractivity contribution in [2.45, 2.75) is 39.0 Å². The van der Waals surface area contributed by atoms with Gasteiger partial charge in [0.15, 0.2) is 5.76 Å². The quantitative estimate of drug-likeness (QED) is 0.725. The summed E-state index contributed by atoms with van der Waals surface area (Å²) in [4.78, 5) is 12.4. The molecule has 0 unspecified atom stereocenters. The summed E-state index contributed by atoms with van der Waals surface area (Å²) < 4.78 is 5.76. The highest BCUT2D eigenvalue weighted by Gasteiger charge is 2.25. The van der Waals surface area contributed by atoms with Crippen molar-refractivity contribution in [1.82, 2.24) is 0 Å². The Morgan fingerprint density at radius 1 is 1.22 bits per heavy atom. The molecule has 0 spiro atoms. The number of fused-ring (bicyclic) bond motifs is 1. The minimum Gasteiger partial charge on any atom is -0.453 e. The summed E-state index contributed by atoms with van der Waals surface area (Å²) in [7, 11) is 0. The van der Waals surface area contributed by atoms with E-state index >= 15 is 0 Å². The first-order valence-electron chi connectivity index (χ1n) is 6.79. The number of carbonyl (C=O) groups excluding carboxylic acids is 1. The normalized spacial score (nSPS) is 17.2. The number of rotatable bonds is 2. The van der Waals surface area contributed by atoms with Crippen molar-refractivity contribution in [3.63, 3.8) is 0 Å². The van der Waals surface area contributed by atoms with Gasteiger partial charge < -0.3 is 4.42 Å². The van der Waals surface area contributed by atoms with Crippen molar-refractivity contribution in [3.8, 4) is 0 Å². The monoisotopic (exact) mass is 242 g/mol. The van der Waals surface area contributed by atoms with Crippen LogP contribution in [0.2, 0.25) is 0 Å². The van der Waals surface area contributed by atoms with Crippen LogP contribution in [0.15, 0.2) is 28.7 Å². The second-order valence-electron chi connectivity index (χ2n) is 5.30. The molecule has 3 rings (SSSR count). The molecule has 1 saturated carbocycles. The zero-order chi connectivity index (χ0) is 12.5. The Morgan fingerprint density at radius 3 is 2.72 bits per heavy atom. The van der Waals surface area contributed by atoms with E-state index in [0.717, 1.165) is 29.4 Å². The van der Waals surface area contributed by atoms with Crippen LogP contribution in [-0.4, -0.2) is 5.78 Å². The average molecular weight is 242 g/mol. The molecule has 2 nitrogen and oxygen atoms in total. The number of carbonyl (C=O) groups is 1. The van der Waals surface area contributed by atoms with Crippen molar-refractivity contribution < 1.29 is 9.21 Å². The van der Waals surface area contributed by atoms with Crippen LogP contribution in [0.4, 0.5) is 0 Å². The second-order valence-corrected chi connectivity index (χ2v) is 5.30. The number of hydrogen-bond donors (Lipinski definition) is 0. The molecule has 1 fully saturated rings. The third-order valence-electron chi connectivity index (χ3n) is 3.96. The van der Waals surface area contributed by atoms with E-state index in [9.17, 15) is 4.79 Å². The van der Waals surface area contributed by atoms with E-state index in [-0.39, 0.29) is 11.7 Å². The minimum atomic E-state index is 0.180. The molecule has 0 N–H and O–H groups in total. The van der Waals surface area contributed by atoms with Gasteiger partial charge in [0.1, 0.15) is 5.58 Å². The largest absolute Gasteiger partial charge is 0.453 e. The third-order valence-corrected chi connectivity index (χ3v) is 3.96. The number of Topliss-reactive ketones (excluding diaryl/α,β-unsaturated/α-hetero) is 1. The smallest absolute Gasteiger partial charge is 0.201 e. The maximum absolute atomic E-state index is 12.4. The predicted molar refractivity (Wildman–Crippen MR) is 71.9 cm³/mol. The van der Waals surface area contributed by atoms with Crippen molar-refractivity contribution in [2.24, 2.45) is 5.92 Å². The van der Waals surface area contributed by atoms with Crippen molar-refractivity contribution in [1.29, 1.82) is 0 Å². The maximum atomic E-state index is 12.4. The van der Waals surface area contributed by atoms with E-state index in [0.29, 0.717) is 5.76 Å². The standard InChI is InChI=1S/C16H18O2/c1-11-6-5-9-13-10-14(18-16(11)13)15(17)12-7-3-2-4-8-12/h5-6,9-10,12H,2-4,7-8H2,1H3. The summed E-state index contributed by atoms with van der Waals surface area (Å²) in [6, 6.07) is 7.92. The molecule has 0 amide bonds. The van der Waals surface area contributed by atoms with Gasteiger partial charge in [0.2, 0.25) is 5.78 Å². The van der Waals surface area contributed by atoms with Gasteiger partial charge >= 0.3 is 0 Å². The van der Waals surface area contributed by atoms with E-state index < -0.39 is 0 Å². The molecule has 0 atom stereocenters. The van der Waals surface area contributed by atoms with Crippen LogP contribution in [-0.2, 0) is 0 Å². The van der Waals surface area contributed by atoms with Gasteiger partial charge in [-0.05, 0) is 31.4 Å². The third kappa shape index (κ3) is 1.96. The van der Waals surface area contributed by atoms with E-state index in [1.54, 1.807) is 0 Å². The lowest BCUT2D eigenvalue weighted by Gasteiger charge is -2.18. The first kappa shape index (κ1) is 11.5. The Labute approximate surface area is 107 Å². The van der Waals surface area contributed by atoms with Gasteiger partial charge in [0.25, 0.3) is 0 Å². The molecule has 2 heteroatoms. The molecule has 0 aliphatic heterocycles. The van der Waals surface area contributed by atoms with Gasteiger partial charge in [-0.3, -0.25) is 4.79 Å². The number of hydrogen-bond acceptors (Lipinski definition) is 2. The van der Waals surface area contributed by atoms with Gasteiger partial charge in [-0.1, -0.05) is 37.5 Å². The molecule has 94 valence electrons. The predicted octanol–water partition coefficient (Wildman–Crippen LogP) is 4.50. The Bertz CT molecular complexity index is 574. The van der Waals surface area contributed by atoms with Crippen LogP contribution < -0.4 is 0 Å². The number of aryl methyl sites for hydroxylation is 1. The molecule has 1 aliphatic carbocycles. The summed E-state index contributed by atoms with van der Waals surface area (Å²) >= 11 is 0. The lowest BCUT2D eigenvalue weighted by Crippen LogP contribution is -2.17. The zero-order valence-electron chi connectivity index (χ0n) is 10.7. The van der Waals surface area contributed by atoms with Crippen LogP contribution in [0.25, 0.3) is 11.0 Å². The van der Waals surface area contributed by atoms with Gasteiger partial charge in [-0.25, -0.2) is 0 Å². The van der Waals surface area contributed by atoms with Gasteiger partial charge in [-0.15, -0.1) is 0 Å². The number of benzene rings is 1. The summed E-state index contributed by atoms with van der Waals surface area (Å²) in [5.41, 5.74) is 1.95. The second kappa shape index (κ2) is 4.60. The van der Waals surface area contributed by atoms with Crippen LogP contribution in [0.5, 0.6) is 0 Å². The Hall–Kier alpha value is -1.57. The molecule has 0 radical (unpaired) electrons. The highest BCUT2D eigenvalue weighted by Crippen LogP contribution is 2.30. The van der Waals surface area contributed by atoms with E-state index in [1.165, 1.54) is 19.3 Å². The first-order valence-corrected chi connectivity index (χ1v) is 6.79. The molecular weight excluding hydrogens is 224 g/mol. The lowest BCUT2D eigenvalue weighted by molar-refractivity contribution is 0.0863. The first-order chi connectivity index (χ1) is 8.75. The molecular formula is C16H18O2. The van der Waals surface area contributed by atoms with Crippen LogP contribution >= 0.6 is 0 Å². The van der Waals surface area contributed by atoms with E-state index in [1.807, 2.05) is 31.2 Å². The fourth-order valence-corrected chi connectivity index (χ4v) is 2.90. The van der Waals surface area contributed by atoms with Crippen LogP contribution in [0.3, 0.4) is 0 Å². The van der Waals surface area contributed by atoms with Gasteiger partial charge in [0.05, 0.1) is 0 Å². The van der Waals surface area contributed by atoms with E-state index in [2.05, 4.69) is 0 Å². The summed E-state index contributed by atoms with van der Waals surface area (Å²) in [6.45, 7) is 2.01. The fraction of sp³-hybridized carbons (Fsp3) is 0.438. The van der Waals surface area contributed by atoms with Gasteiger partial charge in [-0.2, -0.15) is 0 Å². The van der Waals surface area contributed by atoms with Crippen molar-refractivity contribution in [3.05, 3.63) is 35.6 Å². The zero-order valence-corrected chi connectivity index (χ0v) is 10.7. The SMILES string of the molecule is Cc1cccc2cc(C(=O)C3CCCCC3)oc12. The molecule has 1 aliphatic rings.